The van der Waals surface area contributed by atoms with Crippen LogP contribution >= 0.6 is 0 Å². The molecule has 0 aliphatic carbocycles. The van der Waals surface area contributed by atoms with E-state index in [9.17, 15) is 19.7 Å². The Morgan fingerprint density at radius 2 is 1.93 bits per heavy atom. The second kappa shape index (κ2) is 8.79. The van der Waals surface area contributed by atoms with Gasteiger partial charge in [0.25, 0.3) is 11.6 Å². The molecule has 8 nitrogen and oxygen atoms in total. The maximum atomic E-state index is 12.4. The van der Waals surface area contributed by atoms with E-state index in [1.807, 2.05) is 31.2 Å². The molecule has 27 heavy (non-hydrogen) atoms. The third-order valence-electron chi connectivity index (χ3n) is 4.28. The quantitative estimate of drug-likeness (QED) is 0.595. The highest BCUT2D eigenvalue weighted by atomic mass is 16.6. The Labute approximate surface area is 156 Å². The number of non-ortho nitro benzene ring substituents is 1. The van der Waals surface area contributed by atoms with Crippen molar-refractivity contribution in [2.75, 3.05) is 20.7 Å². The van der Waals surface area contributed by atoms with Crippen molar-refractivity contribution in [1.82, 2.24) is 10.2 Å². The Hall–Kier alpha value is -3.42. The number of benzene rings is 2. The summed E-state index contributed by atoms with van der Waals surface area (Å²) in [5.74, 6) is -0.178. The number of carbonyl (C=O) groups is 2. The largest absolute Gasteiger partial charge is 0.496 e. The van der Waals surface area contributed by atoms with Crippen LogP contribution < -0.4 is 10.1 Å². The van der Waals surface area contributed by atoms with Gasteiger partial charge in [-0.15, -0.1) is 0 Å². The number of nitro groups is 1. The molecule has 0 saturated heterocycles. The molecule has 0 saturated carbocycles. The summed E-state index contributed by atoms with van der Waals surface area (Å²) < 4.78 is 5.32. The van der Waals surface area contributed by atoms with Crippen LogP contribution in [-0.2, 0) is 4.79 Å². The fourth-order valence-electron chi connectivity index (χ4n) is 2.58. The van der Waals surface area contributed by atoms with Gasteiger partial charge in [0.05, 0.1) is 24.6 Å². The SMILES string of the molecule is COc1ccccc1C(C)N(C)C(=O)CNC(=O)c1cccc([N+](=O)[O-])c1. The minimum atomic E-state index is -0.579. The number of hydrogen-bond donors (Lipinski definition) is 1. The second-order valence-electron chi connectivity index (χ2n) is 5.91. The van der Waals surface area contributed by atoms with E-state index in [1.165, 1.54) is 29.2 Å². The predicted octanol–water partition coefficient (Wildman–Crippen LogP) is 2.55. The lowest BCUT2D eigenvalue weighted by molar-refractivity contribution is -0.384. The summed E-state index contributed by atoms with van der Waals surface area (Å²) in [6, 6.07) is 12.5. The lowest BCUT2D eigenvalue weighted by atomic mass is 10.1. The first-order valence-electron chi connectivity index (χ1n) is 8.26. The van der Waals surface area contributed by atoms with Crippen molar-refractivity contribution in [3.63, 3.8) is 0 Å². The number of hydrogen-bond acceptors (Lipinski definition) is 5. The first-order valence-corrected chi connectivity index (χ1v) is 8.26. The van der Waals surface area contributed by atoms with E-state index in [0.717, 1.165) is 5.56 Å². The third-order valence-corrected chi connectivity index (χ3v) is 4.28. The number of nitro benzene ring substituents is 1. The normalized spacial score (nSPS) is 11.4. The van der Waals surface area contributed by atoms with E-state index < -0.39 is 10.8 Å². The molecular weight excluding hydrogens is 350 g/mol. The molecule has 2 amide bonds. The van der Waals surface area contributed by atoms with E-state index in [4.69, 9.17) is 4.74 Å². The molecule has 0 bridgehead atoms. The molecule has 8 heteroatoms. The van der Waals surface area contributed by atoms with Gasteiger partial charge in [-0.1, -0.05) is 24.3 Å². The lowest BCUT2D eigenvalue weighted by Gasteiger charge is -2.26. The van der Waals surface area contributed by atoms with Crippen molar-refractivity contribution < 1.29 is 19.2 Å². The zero-order chi connectivity index (χ0) is 20.0. The van der Waals surface area contributed by atoms with Gasteiger partial charge in [0.2, 0.25) is 5.91 Å². The number of rotatable bonds is 7. The molecule has 2 rings (SSSR count). The first-order chi connectivity index (χ1) is 12.8. The minimum Gasteiger partial charge on any atom is -0.496 e. The highest BCUT2D eigenvalue weighted by Crippen LogP contribution is 2.27. The van der Waals surface area contributed by atoms with Crippen molar-refractivity contribution in [2.45, 2.75) is 13.0 Å². The Morgan fingerprint density at radius 3 is 2.59 bits per heavy atom. The average molecular weight is 371 g/mol. The van der Waals surface area contributed by atoms with Gasteiger partial charge in [-0.05, 0) is 19.1 Å². The third kappa shape index (κ3) is 4.81. The fourth-order valence-corrected chi connectivity index (χ4v) is 2.58. The standard InChI is InChI=1S/C19H21N3O5/c1-13(16-9-4-5-10-17(16)27-3)21(2)18(23)12-20-19(24)14-7-6-8-15(11-14)22(25)26/h4-11,13H,12H2,1-3H3,(H,20,24). The number of amides is 2. The van der Waals surface area contributed by atoms with E-state index in [-0.39, 0.29) is 29.7 Å². The molecule has 0 aliphatic heterocycles. The summed E-state index contributed by atoms with van der Waals surface area (Å²) in [7, 11) is 3.20. The predicted molar refractivity (Wildman–Crippen MR) is 99.6 cm³/mol. The van der Waals surface area contributed by atoms with E-state index in [1.54, 1.807) is 14.2 Å². The molecule has 142 valence electrons. The van der Waals surface area contributed by atoms with E-state index in [2.05, 4.69) is 5.32 Å². The number of methoxy groups -OCH3 is 1. The van der Waals surface area contributed by atoms with Crippen molar-refractivity contribution in [2.24, 2.45) is 0 Å². The van der Waals surface area contributed by atoms with Crippen LogP contribution in [0.2, 0.25) is 0 Å². The van der Waals surface area contributed by atoms with Crippen LogP contribution in [0.5, 0.6) is 5.75 Å². The highest BCUT2D eigenvalue weighted by Gasteiger charge is 2.21. The van der Waals surface area contributed by atoms with E-state index >= 15 is 0 Å². The van der Waals surface area contributed by atoms with Gasteiger partial charge in [0, 0.05) is 30.3 Å². The number of likely N-dealkylation sites (N-methyl/N-ethyl adjacent to an activating group) is 1. The van der Waals surface area contributed by atoms with Gasteiger partial charge >= 0.3 is 0 Å². The number of nitrogens with one attached hydrogen (secondary N) is 1. The number of para-hydroxylation sites is 1. The summed E-state index contributed by atoms with van der Waals surface area (Å²) in [5, 5.41) is 13.3. The number of ether oxygens (including phenoxy) is 1. The van der Waals surface area contributed by atoms with Crippen LogP contribution in [0, 0.1) is 10.1 Å². The summed E-state index contributed by atoms with van der Waals surface area (Å²) in [6.07, 6.45) is 0. The summed E-state index contributed by atoms with van der Waals surface area (Å²) >= 11 is 0. The number of carbonyl (C=O) groups excluding carboxylic acids is 2. The molecule has 0 aromatic heterocycles. The topological polar surface area (TPSA) is 102 Å². The van der Waals surface area contributed by atoms with Crippen molar-refractivity contribution in [3.8, 4) is 5.75 Å². The Balaban J connectivity index is 2.01. The van der Waals surface area contributed by atoms with Crippen LogP contribution in [0.1, 0.15) is 28.9 Å². The van der Waals surface area contributed by atoms with E-state index in [0.29, 0.717) is 5.75 Å². The molecule has 1 unspecified atom stereocenters. The summed E-state index contributed by atoms with van der Waals surface area (Å²) in [6.45, 7) is 1.63. The molecule has 0 radical (unpaired) electrons. The summed E-state index contributed by atoms with van der Waals surface area (Å²) in [5.41, 5.74) is 0.786. The van der Waals surface area contributed by atoms with Gasteiger partial charge in [0.15, 0.2) is 0 Å². The van der Waals surface area contributed by atoms with Gasteiger partial charge in [-0.3, -0.25) is 19.7 Å². The zero-order valence-corrected chi connectivity index (χ0v) is 15.3. The fraction of sp³-hybridized carbons (Fsp3) is 0.263. The molecule has 0 heterocycles. The second-order valence-corrected chi connectivity index (χ2v) is 5.91. The maximum Gasteiger partial charge on any atom is 0.270 e. The van der Waals surface area contributed by atoms with Gasteiger partial charge in [-0.2, -0.15) is 0 Å². The van der Waals surface area contributed by atoms with Crippen LogP contribution in [-0.4, -0.2) is 42.3 Å². The molecule has 1 atom stereocenters. The van der Waals surface area contributed by atoms with Gasteiger partial charge < -0.3 is 15.0 Å². The van der Waals surface area contributed by atoms with Gasteiger partial charge in [0.1, 0.15) is 5.75 Å². The van der Waals surface area contributed by atoms with Crippen molar-refractivity contribution in [1.29, 1.82) is 0 Å². The summed E-state index contributed by atoms with van der Waals surface area (Å²) in [4.78, 5) is 36.3. The Kier molecular flexibility index (Phi) is 6.48. The smallest absolute Gasteiger partial charge is 0.270 e. The lowest BCUT2D eigenvalue weighted by Crippen LogP contribution is -2.39. The highest BCUT2D eigenvalue weighted by molar-refractivity contribution is 5.97. The maximum absolute atomic E-state index is 12.4. The van der Waals surface area contributed by atoms with Crippen LogP contribution in [0.15, 0.2) is 48.5 Å². The Morgan fingerprint density at radius 1 is 1.22 bits per heavy atom. The molecular formula is C19H21N3O5. The van der Waals surface area contributed by atoms with Crippen LogP contribution in [0.25, 0.3) is 0 Å². The molecule has 0 spiro atoms. The minimum absolute atomic E-state index is 0.123. The molecule has 0 aliphatic rings. The average Bonchev–Trinajstić information content (AvgIpc) is 2.70. The monoisotopic (exact) mass is 371 g/mol. The van der Waals surface area contributed by atoms with Crippen LogP contribution in [0.4, 0.5) is 5.69 Å². The van der Waals surface area contributed by atoms with Crippen molar-refractivity contribution in [3.05, 3.63) is 69.8 Å². The molecule has 1 N–H and O–H groups in total. The van der Waals surface area contributed by atoms with Crippen molar-refractivity contribution >= 4 is 17.5 Å². The molecule has 2 aromatic rings. The molecule has 0 fully saturated rings. The number of nitrogens with zero attached hydrogens (tertiary/aromatic N) is 2. The first kappa shape index (κ1) is 19.9. The van der Waals surface area contributed by atoms with Crippen LogP contribution in [0.3, 0.4) is 0 Å². The Bertz CT molecular complexity index is 853. The van der Waals surface area contributed by atoms with Gasteiger partial charge in [-0.25, -0.2) is 0 Å². The zero-order valence-electron chi connectivity index (χ0n) is 15.3. The molecule has 2 aromatic carbocycles.